The Morgan fingerprint density at radius 1 is 0.830 bits per heavy atom. The second-order valence-electron chi connectivity index (χ2n) is 11.6. The Bertz CT molecular complexity index is 1760. The smallest absolute Gasteiger partial charge is 0.264 e. The summed E-state index contributed by atoms with van der Waals surface area (Å²) in [5, 5.41) is 3.69. The van der Waals surface area contributed by atoms with Gasteiger partial charge in [-0.2, -0.15) is 0 Å². The van der Waals surface area contributed by atoms with E-state index in [1.807, 2.05) is 70.2 Å². The van der Waals surface area contributed by atoms with Gasteiger partial charge < -0.3 is 10.2 Å². The van der Waals surface area contributed by atoms with Crippen molar-refractivity contribution in [2.24, 2.45) is 0 Å². The first-order valence-corrected chi connectivity index (χ1v) is 17.9. The molecule has 0 bridgehead atoms. The average Bonchev–Trinajstić information content (AvgIpc) is 3.06. The monoisotopic (exact) mass is 693 g/mol. The summed E-state index contributed by atoms with van der Waals surface area (Å²) in [7, 11) is -4.22. The van der Waals surface area contributed by atoms with E-state index < -0.39 is 28.5 Å². The molecule has 4 aromatic carbocycles. The van der Waals surface area contributed by atoms with Crippen LogP contribution < -0.4 is 9.62 Å². The highest BCUT2D eigenvalue weighted by Gasteiger charge is 2.36. The highest BCUT2D eigenvalue weighted by atomic mass is 35.5. The van der Waals surface area contributed by atoms with Gasteiger partial charge in [-0.05, 0) is 68.1 Å². The number of nitrogens with zero attached hydrogens (tertiary/aromatic N) is 2. The van der Waals surface area contributed by atoms with Crippen molar-refractivity contribution in [1.29, 1.82) is 0 Å². The summed E-state index contributed by atoms with van der Waals surface area (Å²) in [5.41, 5.74) is 3.34. The van der Waals surface area contributed by atoms with Gasteiger partial charge in [0.25, 0.3) is 10.0 Å². The maximum absolute atomic E-state index is 14.7. The minimum Gasteiger partial charge on any atom is -0.352 e. The number of carbonyl (C=O) groups excluding carboxylic acids is 2. The molecule has 0 saturated carbocycles. The summed E-state index contributed by atoms with van der Waals surface area (Å²) < 4.78 is 29.8. The van der Waals surface area contributed by atoms with E-state index in [9.17, 15) is 18.0 Å². The van der Waals surface area contributed by atoms with E-state index in [0.29, 0.717) is 34.1 Å². The lowest BCUT2D eigenvalue weighted by molar-refractivity contribution is -0.140. The molecule has 0 aliphatic heterocycles. The van der Waals surface area contributed by atoms with Gasteiger partial charge >= 0.3 is 0 Å². The van der Waals surface area contributed by atoms with E-state index in [1.165, 1.54) is 17.0 Å². The number of sulfonamides is 1. The molecule has 0 radical (unpaired) electrons. The molecule has 0 aliphatic rings. The fourth-order valence-electron chi connectivity index (χ4n) is 5.25. The van der Waals surface area contributed by atoms with Gasteiger partial charge in [0.2, 0.25) is 11.8 Å². The Kier molecular flexibility index (Phi) is 12.5. The Balaban J connectivity index is 1.87. The highest BCUT2D eigenvalue weighted by molar-refractivity contribution is 7.92. The summed E-state index contributed by atoms with van der Waals surface area (Å²) in [4.78, 5) is 30.2. The fraction of sp³-hybridized carbons (Fsp3) is 0.297. The van der Waals surface area contributed by atoms with Crippen LogP contribution in [0.25, 0.3) is 0 Å². The van der Waals surface area contributed by atoms with E-state index in [4.69, 9.17) is 23.2 Å². The quantitative estimate of drug-likeness (QED) is 0.147. The predicted molar refractivity (Wildman–Crippen MR) is 190 cm³/mol. The van der Waals surface area contributed by atoms with E-state index >= 15 is 0 Å². The summed E-state index contributed by atoms with van der Waals surface area (Å²) >= 11 is 13.2. The van der Waals surface area contributed by atoms with E-state index in [2.05, 4.69) is 5.32 Å². The van der Waals surface area contributed by atoms with Crippen LogP contribution in [0.15, 0.2) is 102 Å². The third kappa shape index (κ3) is 8.95. The molecule has 248 valence electrons. The number of hydrogen-bond donors (Lipinski definition) is 1. The first-order chi connectivity index (χ1) is 22.5. The number of hydrogen-bond acceptors (Lipinski definition) is 4. The number of benzene rings is 4. The average molecular weight is 695 g/mol. The van der Waals surface area contributed by atoms with Crippen molar-refractivity contribution < 1.29 is 18.0 Å². The molecule has 0 saturated heterocycles. The molecule has 2 amide bonds. The molecule has 10 heteroatoms. The van der Waals surface area contributed by atoms with E-state index in [0.717, 1.165) is 21.0 Å². The minimum absolute atomic E-state index is 0.0536. The number of amides is 2. The van der Waals surface area contributed by atoms with Crippen LogP contribution in [-0.2, 0) is 39.0 Å². The summed E-state index contributed by atoms with van der Waals surface area (Å²) in [5.74, 6) is -0.940. The van der Waals surface area contributed by atoms with Crippen molar-refractivity contribution in [2.45, 2.75) is 70.5 Å². The van der Waals surface area contributed by atoms with Crippen LogP contribution in [0.5, 0.6) is 0 Å². The van der Waals surface area contributed by atoms with Crippen LogP contribution in [-0.4, -0.2) is 43.8 Å². The molecule has 2 unspecified atom stereocenters. The number of para-hydroxylation sites is 1. The minimum atomic E-state index is -4.22. The summed E-state index contributed by atoms with van der Waals surface area (Å²) in [6, 6.07) is 26.9. The molecular weight excluding hydrogens is 653 g/mol. The fourth-order valence-corrected chi connectivity index (χ4v) is 7.22. The zero-order valence-corrected chi connectivity index (χ0v) is 29.4. The lowest BCUT2D eigenvalue weighted by Gasteiger charge is -2.35. The van der Waals surface area contributed by atoms with Crippen LogP contribution in [0, 0.1) is 6.92 Å². The lowest BCUT2D eigenvalue weighted by atomic mass is 10.0. The van der Waals surface area contributed by atoms with Crippen LogP contribution in [0.1, 0.15) is 49.4 Å². The van der Waals surface area contributed by atoms with E-state index in [-0.39, 0.29) is 29.8 Å². The predicted octanol–water partition coefficient (Wildman–Crippen LogP) is 7.61. The van der Waals surface area contributed by atoms with Gasteiger partial charge in [-0.3, -0.25) is 13.9 Å². The number of anilines is 1. The number of nitrogens with one attached hydrogen (secondary N) is 1. The molecular formula is C37H41Cl2N3O4S. The first kappa shape index (κ1) is 36.0. The van der Waals surface area contributed by atoms with Gasteiger partial charge in [-0.1, -0.05) is 109 Å². The second kappa shape index (κ2) is 16.3. The van der Waals surface area contributed by atoms with Gasteiger partial charge in [0.05, 0.1) is 10.6 Å². The highest BCUT2D eigenvalue weighted by Crippen LogP contribution is 2.30. The van der Waals surface area contributed by atoms with Crippen molar-refractivity contribution in [2.75, 3.05) is 10.8 Å². The molecule has 1 N–H and O–H groups in total. The van der Waals surface area contributed by atoms with Crippen LogP contribution in [0.4, 0.5) is 5.69 Å². The van der Waals surface area contributed by atoms with Crippen molar-refractivity contribution in [3.05, 3.63) is 129 Å². The van der Waals surface area contributed by atoms with Gasteiger partial charge in [0.1, 0.15) is 12.6 Å². The van der Waals surface area contributed by atoms with Crippen LogP contribution in [0.2, 0.25) is 10.0 Å². The van der Waals surface area contributed by atoms with E-state index in [1.54, 1.807) is 42.5 Å². The molecule has 4 rings (SSSR count). The molecule has 4 aromatic rings. The Labute approximate surface area is 288 Å². The van der Waals surface area contributed by atoms with Crippen molar-refractivity contribution in [1.82, 2.24) is 10.2 Å². The zero-order valence-electron chi connectivity index (χ0n) is 27.1. The number of aryl methyl sites for hydroxylation is 2. The normalized spacial score (nSPS) is 12.6. The number of halogens is 2. The Morgan fingerprint density at radius 2 is 1.45 bits per heavy atom. The maximum atomic E-state index is 14.7. The second-order valence-corrected chi connectivity index (χ2v) is 14.2. The van der Waals surface area contributed by atoms with Crippen molar-refractivity contribution in [3.8, 4) is 0 Å². The van der Waals surface area contributed by atoms with Crippen LogP contribution >= 0.6 is 23.2 Å². The van der Waals surface area contributed by atoms with Crippen molar-refractivity contribution >= 4 is 50.7 Å². The molecule has 47 heavy (non-hydrogen) atoms. The first-order valence-electron chi connectivity index (χ1n) is 15.7. The van der Waals surface area contributed by atoms with Gasteiger partial charge in [0.15, 0.2) is 0 Å². The van der Waals surface area contributed by atoms with Crippen molar-refractivity contribution in [3.63, 3.8) is 0 Å². The van der Waals surface area contributed by atoms with Gasteiger partial charge in [-0.15, -0.1) is 0 Å². The molecule has 7 nitrogen and oxygen atoms in total. The molecule has 0 heterocycles. The molecule has 2 atom stereocenters. The standard InChI is InChI=1S/C37H41Cl2N3O4S/c1-5-27(4)40-37(44)35(23-28-13-8-7-9-14-28)41(24-31-32(38)16-12-17-33(31)39)36(43)25-42(34-18-11-10-15-29(34)6-2)47(45,46)30-21-19-26(3)20-22-30/h7-22,27,35H,5-6,23-25H2,1-4H3,(H,40,44). The van der Waals surface area contributed by atoms with Crippen LogP contribution in [0.3, 0.4) is 0 Å². The van der Waals surface area contributed by atoms with Gasteiger partial charge in [-0.25, -0.2) is 8.42 Å². The molecule has 0 aliphatic carbocycles. The largest absolute Gasteiger partial charge is 0.352 e. The molecule has 0 aromatic heterocycles. The SMILES string of the molecule is CCc1ccccc1N(CC(=O)N(Cc1c(Cl)cccc1Cl)C(Cc1ccccc1)C(=O)NC(C)CC)S(=O)(=O)c1ccc(C)cc1. The number of rotatable bonds is 14. The summed E-state index contributed by atoms with van der Waals surface area (Å²) in [6.45, 7) is 6.99. The third-order valence-corrected chi connectivity index (χ3v) is 10.7. The Morgan fingerprint density at radius 3 is 2.06 bits per heavy atom. The topological polar surface area (TPSA) is 86.8 Å². The number of carbonyl (C=O) groups is 2. The Hall–Kier alpha value is -3.85. The lowest BCUT2D eigenvalue weighted by Crippen LogP contribution is -2.54. The zero-order chi connectivity index (χ0) is 34.1. The third-order valence-electron chi connectivity index (χ3n) is 8.19. The molecule has 0 spiro atoms. The van der Waals surface area contributed by atoms with Gasteiger partial charge in [0, 0.05) is 34.6 Å². The molecule has 0 fully saturated rings. The summed E-state index contributed by atoms with van der Waals surface area (Å²) in [6.07, 6.45) is 1.41. The maximum Gasteiger partial charge on any atom is 0.264 e.